The van der Waals surface area contributed by atoms with Gasteiger partial charge in [0, 0.05) is 17.8 Å². The first kappa shape index (κ1) is 25.8. The fourth-order valence-electron chi connectivity index (χ4n) is 4.10. The number of aromatic amines is 1. The number of carbonyl (C=O) groups excluding carboxylic acids is 3. The Bertz CT molecular complexity index is 1180. The summed E-state index contributed by atoms with van der Waals surface area (Å²) in [5.41, 5.74) is 1.03. The second-order valence-corrected chi connectivity index (χ2v) is 8.73. The average Bonchev–Trinajstić information content (AvgIpc) is 3.53. The summed E-state index contributed by atoms with van der Waals surface area (Å²) in [4.78, 5) is 39.4. The molecule has 1 aliphatic rings. The van der Waals surface area contributed by atoms with E-state index in [1.165, 1.54) is 4.90 Å². The SMILES string of the molecule is COc1ccc(N2CC(=O)C(C(=O)Nc3ccc(OCCCCCCCc4nn[nH]n4)cc3)C2=O)cc1. The molecule has 1 atom stereocenters. The standard InChI is InChI=1S/C26H30N6O5/c1-36-20-14-10-19(11-15-20)32-17-22(33)24(26(32)35)25(34)27-18-8-12-21(13-9-18)37-16-6-4-2-3-5-7-23-28-30-31-29-23/h8-15,24H,2-7,16-17H2,1H3,(H,27,34)(H,28,29,30,31). The highest BCUT2D eigenvalue weighted by Gasteiger charge is 2.44. The van der Waals surface area contributed by atoms with Crippen molar-refractivity contribution in [2.24, 2.45) is 5.92 Å². The molecule has 2 amide bonds. The summed E-state index contributed by atoms with van der Waals surface area (Å²) >= 11 is 0. The van der Waals surface area contributed by atoms with Crippen LogP contribution in [0.25, 0.3) is 0 Å². The van der Waals surface area contributed by atoms with Gasteiger partial charge >= 0.3 is 0 Å². The molecule has 0 spiro atoms. The van der Waals surface area contributed by atoms with Crippen molar-refractivity contribution in [1.82, 2.24) is 20.6 Å². The Hall–Kier alpha value is -4.28. The van der Waals surface area contributed by atoms with E-state index in [2.05, 4.69) is 25.9 Å². The van der Waals surface area contributed by atoms with E-state index < -0.39 is 23.5 Å². The van der Waals surface area contributed by atoms with Crippen LogP contribution < -0.4 is 19.7 Å². The lowest BCUT2D eigenvalue weighted by atomic mass is 10.1. The molecule has 2 aromatic carbocycles. The van der Waals surface area contributed by atoms with Gasteiger partial charge in [-0.25, -0.2) is 0 Å². The number of benzene rings is 2. The van der Waals surface area contributed by atoms with Crippen LogP contribution in [0, 0.1) is 5.92 Å². The molecule has 1 unspecified atom stereocenters. The minimum atomic E-state index is -1.37. The number of aryl methyl sites for hydroxylation is 1. The minimum Gasteiger partial charge on any atom is -0.497 e. The normalized spacial score (nSPS) is 15.2. The lowest BCUT2D eigenvalue weighted by Gasteiger charge is -2.16. The Morgan fingerprint density at radius 3 is 2.41 bits per heavy atom. The van der Waals surface area contributed by atoms with Crippen LogP contribution in [0.1, 0.15) is 37.9 Å². The van der Waals surface area contributed by atoms with Crippen LogP contribution in [-0.4, -0.2) is 58.5 Å². The molecule has 3 aromatic rings. The Morgan fingerprint density at radius 1 is 1.00 bits per heavy atom. The molecule has 0 saturated carbocycles. The summed E-state index contributed by atoms with van der Waals surface area (Å²) in [5, 5.41) is 16.5. The molecule has 0 bridgehead atoms. The van der Waals surface area contributed by atoms with Crippen LogP contribution in [0.15, 0.2) is 48.5 Å². The van der Waals surface area contributed by atoms with Crippen LogP contribution in [0.4, 0.5) is 11.4 Å². The molecule has 0 aliphatic carbocycles. The number of nitrogens with zero attached hydrogens (tertiary/aromatic N) is 4. The van der Waals surface area contributed by atoms with Crippen molar-refractivity contribution in [2.75, 3.05) is 30.5 Å². The lowest BCUT2D eigenvalue weighted by Crippen LogP contribution is -2.34. The number of hydrogen-bond acceptors (Lipinski definition) is 8. The molecule has 37 heavy (non-hydrogen) atoms. The Labute approximate surface area is 214 Å². The first-order chi connectivity index (χ1) is 18.0. The van der Waals surface area contributed by atoms with E-state index in [1.54, 1.807) is 55.6 Å². The highest BCUT2D eigenvalue weighted by Crippen LogP contribution is 2.26. The van der Waals surface area contributed by atoms with Gasteiger partial charge in [-0.15, -0.1) is 10.2 Å². The van der Waals surface area contributed by atoms with Gasteiger partial charge < -0.3 is 19.7 Å². The summed E-state index contributed by atoms with van der Waals surface area (Å²) in [6.07, 6.45) is 6.09. The molecule has 1 aliphatic heterocycles. The molecule has 1 saturated heterocycles. The zero-order chi connectivity index (χ0) is 26.0. The molecule has 4 rings (SSSR count). The Kier molecular flexibility index (Phi) is 8.79. The van der Waals surface area contributed by atoms with Crippen LogP contribution in [0.2, 0.25) is 0 Å². The van der Waals surface area contributed by atoms with Crippen LogP contribution in [0.5, 0.6) is 11.5 Å². The largest absolute Gasteiger partial charge is 0.497 e. The van der Waals surface area contributed by atoms with E-state index >= 15 is 0 Å². The van der Waals surface area contributed by atoms with Crippen molar-refractivity contribution >= 4 is 29.0 Å². The molecule has 2 N–H and O–H groups in total. The van der Waals surface area contributed by atoms with Crippen molar-refractivity contribution in [3.63, 3.8) is 0 Å². The van der Waals surface area contributed by atoms with Gasteiger partial charge in [-0.1, -0.05) is 24.5 Å². The number of Topliss-reactive ketones (excluding diaryl/α,β-unsaturated/α-hetero) is 1. The number of anilines is 2. The monoisotopic (exact) mass is 506 g/mol. The van der Waals surface area contributed by atoms with Gasteiger partial charge in [-0.2, -0.15) is 5.21 Å². The van der Waals surface area contributed by atoms with Crippen molar-refractivity contribution in [3.8, 4) is 11.5 Å². The molecule has 1 aromatic heterocycles. The molecule has 0 radical (unpaired) electrons. The number of aromatic nitrogens is 4. The number of unbranched alkanes of at least 4 members (excludes halogenated alkanes) is 4. The second-order valence-electron chi connectivity index (χ2n) is 8.73. The number of nitrogens with one attached hydrogen (secondary N) is 2. The van der Waals surface area contributed by atoms with E-state index in [-0.39, 0.29) is 6.54 Å². The maximum Gasteiger partial charge on any atom is 0.247 e. The highest BCUT2D eigenvalue weighted by atomic mass is 16.5. The topological polar surface area (TPSA) is 139 Å². The van der Waals surface area contributed by atoms with Crippen LogP contribution >= 0.6 is 0 Å². The number of tetrazole rings is 1. The first-order valence-corrected chi connectivity index (χ1v) is 12.3. The Morgan fingerprint density at radius 2 is 1.70 bits per heavy atom. The number of hydrogen-bond donors (Lipinski definition) is 2. The van der Waals surface area contributed by atoms with Gasteiger partial charge in [0.05, 0.1) is 20.3 Å². The molecule has 1 fully saturated rings. The third-order valence-electron chi connectivity index (χ3n) is 6.12. The lowest BCUT2D eigenvalue weighted by molar-refractivity contribution is -0.134. The van der Waals surface area contributed by atoms with Crippen molar-refractivity contribution in [1.29, 1.82) is 0 Å². The summed E-state index contributed by atoms with van der Waals surface area (Å²) in [6.45, 7) is 0.456. The van der Waals surface area contributed by atoms with Gasteiger partial charge in [0.15, 0.2) is 17.5 Å². The van der Waals surface area contributed by atoms with E-state index in [4.69, 9.17) is 9.47 Å². The summed E-state index contributed by atoms with van der Waals surface area (Å²) in [6, 6.07) is 13.6. The smallest absolute Gasteiger partial charge is 0.247 e. The minimum absolute atomic E-state index is 0.144. The molecule has 11 heteroatoms. The molecule has 2 heterocycles. The van der Waals surface area contributed by atoms with Crippen molar-refractivity contribution in [3.05, 3.63) is 54.4 Å². The van der Waals surface area contributed by atoms with Crippen LogP contribution in [0.3, 0.4) is 0 Å². The maximum absolute atomic E-state index is 12.8. The van der Waals surface area contributed by atoms with Gasteiger partial charge in [0.1, 0.15) is 11.5 Å². The number of ketones is 1. The fraction of sp³-hybridized carbons (Fsp3) is 0.385. The van der Waals surface area contributed by atoms with Crippen molar-refractivity contribution < 1.29 is 23.9 Å². The fourth-order valence-corrected chi connectivity index (χ4v) is 4.10. The third kappa shape index (κ3) is 6.90. The molecule has 194 valence electrons. The summed E-state index contributed by atoms with van der Waals surface area (Å²) in [7, 11) is 1.54. The number of methoxy groups -OCH3 is 1. The number of carbonyl (C=O) groups is 3. The molecule has 11 nitrogen and oxygen atoms in total. The number of rotatable bonds is 13. The highest BCUT2D eigenvalue weighted by molar-refractivity contribution is 6.30. The average molecular weight is 507 g/mol. The Balaban J connectivity index is 1.17. The number of H-pyrrole nitrogens is 1. The van der Waals surface area contributed by atoms with Gasteiger partial charge in [0.25, 0.3) is 0 Å². The van der Waals surface area contributed by atoms with E-state index in [0.29, 0.717) is 29.5 Å². The predicted molar refractivity (Wildman–Crippen MR) is 135 cm³/mol. The number of amides is 2. The first-order valence-electron chi connectivity index (χ1n) is 12.3. The number of ether oxygens (including phenoxy) is 2. The van der Waals surface area contributed by atoms with E-state index in [0.717, 1.165) is 44.3 Å². The van der Waals surface area contributed by atoms with Gasteiger partial charge in [-0.3, -0.25) is 14.4 Å². The van der Waals surface area contributed by atoms with E-state index in [1.807, 2.05) is 0 Å². The zero-order valence-electron chi connectivity index (χ0n) is 20.7. The van der Waals surface area contributed by atoms with Gasteiger partial charge in [-0.05, 0) is 61.4 Å². The zero-order valence-corrected chi connectivity index (χ0v) is 20.7. The van der Waals surface area contributed by atoms with Crippen molar-refractivity contribution in [2.45, 2.75) is 38.5 Å². The van der Waals surface area contributed by atoms with E-state index in [9.17, 15) is 14.4 Å². The molecular formula is C26H30N6O5. The quantitative estimate of drug-likeness (QED) is 0.266. The maximum atomic E-state index is 12.8. The molecular weight excluding hydrogens is 476 g/mol. The predicted octanol–water partition coefficient (Wildman–Crippen LogP) is 2.95. The summed E-state index contributed by atoms with van der Waals surface area (Å²) in [5.74, 6) is -0.912. The summed E-state index contributed by atoms with van der Waals surface area (Å²) < 4.78 is 10.9. The second kappa shape index (κ2) is 12.6. The van der Waals surface area contributed by atoms with Crippen LogP contribution in [-0.2, 0) is 20.8 Å². The third-order valence-corrected chi connectivity index (χ3v) is 6.12. The van der Waals surface area contributed by atoms with Gasteiger partial charge in [0.2, 0.25) is 11.8 Å².